The molecule has 0 saturated carbocycles. The van der Waals surface area contributed by atoms with Gasteiger partial charge in [-0.25, -0.2) is 0 Å². The van der Waals surface area contributed by atoms with Gasteiger partial charge in [0.2, 0.25) is 11.0 Å². The molecule has 0 unspecified atom stereocenters. The van der Waals surface area contributed by atoms with Crippen LogP contribution in [0, 0.1) is 0 Å². The number of piperidine rings is 1. The lowest BCUT2D eigenvalue weighted by atomic mass is 10.00. The van der Waals surface area contributed by atoms with Crippen LogP contribution in [0.5, 0.6) is 0 Å². The molecule has 3 rings (SSSR count). The Morgan fingerprint density at radius 1 is 1.36 bits per heavy atom. The molecule has 1 amide bonds. The Bertz CT molecular complexity index is 691. The third-order valence-corrected chi connectivity index (χ3v) is 6.45. The molecule has 0 spiro atoms. The minimum absolute atomic E-state index is 0.135. The summed E-state index contributed by atoms with van der Waals surface area (Å²) in [6, 6.07) is 10.3. The van der Waals surface area contributed by atoms with Crippen LogP contribution in [-0.4, -0.2) is 38.8 Å². The molecule has 1 aromatic carbocycles. The van der Waals surface area contributed by atoms with Gasteiger partial charge in [0.15, 0.2) is 4.34 Å². The van der Waals surface area contributed by atoms with Gasteiger partial charge in [-0.05, 0) is 44.7 Å². The largest absolute Gasteiger partial charge is 0.339 e. The molecule has 5 nitrogen and oxygen atoms in total. The van der Waals surface area contributed by atoms with E-state index in [4.69, 9.17) is 0 Å². The Kier molecular flexibility index (Phi) is 6.31. The van der Waals surface area contributed by atoms with Crippen LogP contribution >= 0.6 is 23.1 Å². The Labute approximate surface area is 157 Å². The van der Waals surface area contributed by atoms with E-state index in [1.54, 1.807) is 0 Å². The average molecular weight is 377 g/mol. The summed E-state index contributed by atoms with van der Waals surface area (Å²) in [5.41, 5.74) is 0.985. The molecule has 1 aliphatic rings. The van der Waals surface area contributed by atoms with E-state index in [1.165, 1.54) is 29.5 Å². The average Bonchev–Trinajstić information content (AvgIpc) is 3.08. The third-order valence-electron chi connectivity index (χ3n) is 4.44. The van der Waals surface area contributed by atoms with Crippen molar-refractivity contribution in [3.63, 3.8) is 0 Å². The Morgan fingerprint density at radius 3 is 2.92 bits per heavy atom. The van der Waals surface area contributed by atoms with Crippen LogP contribution in [0.2, 0.25) is 0 Å². The van der Waals surface area contributed by atoms with Crippen molar-refractivity contribution in [3.8, 4) is 0 Å². The van der Waals surface area contributed by atoms with Gasteiger partial charge < -0.3 is 10.2 Å². The minimum Gasteiger partial charge on any atom is -0.339 e. The standard InChI is InChI=1S/C18H24N4OS2/c1-3-15-11-7-8-12-22(15)16(23)13(2)24-18-21-20-17(25-18)19-14-9-5-4-6-10-14/h4-6,9-10,13,15H,3,7-8,11-12H2,1-2H3,(H,19,20)/t13-,15+/m1/s1. The second-order valence-electron chi connectivity index (χ2n) is 6.21. The van der Waals surface area contributed by atoms with Crippen molar-refractivity contribution in [2.24, 2.45) is 0 Å². The molecule has 134 valence electrons. The van der Waals surface area contributed by atoms with Gasteiger partial charge in [-0.3, -0.25) is 4.79 Å². The Balaban J connectivity index is 1.59. The van der Waals surface area contributed by atoms with Crippen LogP contribution < -0.4 is 5.32 Å². The van der Waals surface area contributed by atoms with Crippen LogP contribution in [0.15, 0.2) is 34.7 Å². The molecular formula is C18H24N4OS2. The van der Waals surface area contributed by atoms with Crippen molar-refractivity contribution in [2.45, 2.75) is 55.2 Å². The second kappa shape index (κ2) is 8.67. The number of amides is 1. The number of hydrogen-bond acceptors (Lipinski definition) is 6. The number of aromatic nitrogens is 2. The highest BCUT2D eigenvalue weighted by Crippen LogP contribution is 2.32. The summed E-state index contributed by atoms with van der Waals surface area (Å²) in [5.74, 6) is 0.226. The molecule has 25 heavy (non-hydrogen) atoms. The number of benzene rings is 1. The summed E-state index contributed by atoms with van der Waals surface area (Å²) >= 11 is 2.99. The summed E-state index contributed by atoms with van der Waals surface area (Å²) < 4.78 is 0.823. The van der Waals surface area contributed by atoms with Gasteiger partial charge >= 0.3 is 0 Å². The van der Waals surface area contributed by atoms with Crippen molar-refractivity contribution >= 4 is 39.8 Å². The lowest BCUT2D eigenvalue weighted by molar-refractivity contribution is -0.134. The number of carbonyl (C=O) groups is 1. The maximum Gasteiger partial charge on any atom is 0.236 e. The molecule has 1 N–H and O–H groups in total. The van der Waals surface area contributed by atoms with Gasteiger partial charge in [0.25, 0.3) is 0 Å². The number of rotatable bonds is 6. The van der Waals surface area contributed by atoms with Crippen LogP contribution in [-0.2, 0) is 4.79 Å². The third kappa shape index (κ3) is 4.73. The molecule has 1 saturated heterocycles. The van der Waals surface area contributed by atoms with Crippen LogP contribution in [0.25, 0.3) is 0 Å². The first-order valence-corrected chi connectivity index (χ1v) is 10.5. The number of nitrogens with one attached hydrogen (secondary N) is 1. The first-order valence-electron chi connectivity index (χ1n) is 8.80. The zero-order valence-electron chi connectivity index (χ0n) is 14.6. The van der Waals surface area contributed by atoms with Gasteiger partial charge in [-0.15, -0.1) is 10.2 Å². The molecule has 7 heteroatoms. The van der Waals surface area contributed by atoms with Crippen molar-refractivity contribution in [2.75, 3.05) is 11.9 Å². The van der Waals surface area contributed by atoms with Gasteiger partial charge in [-0.2, -0.15) is 0 Å². The summed E-state index contributed by atoms with van der Waals surface area (Å²) in [5, 5.41) is 12.3. The molecule has 2 aromatic rings. The van der Waals surface area contributed by atoms with Crippen LogP contribution in [0.3, 0.4) is 0 Å². The molecule has 2 atom stereocenters. The predicted octanol–water partition coefficient (Wildman–Crippen LogP) is 4.55. The summed E-state index contributed by atoms with van der Waals surface area (Å²) in [6.07, 6.45) is 4.51. The highest BCUT2D eigenvalue weighted by atomic mass is 32.2. The van der Waals surface area contributed by atoms with E-state index in [-0.39, 0.29) is 11.2 Å². The number of para-hydroxylation sites is 1. The van der Waals surface area contributed by atoms with E-state index in [1.807, 2.05) is 37.3 Å². The molecule has 1 aromatic heterocycles. The van der Waals surface area contributed by atoms with E-state index < -0.39 is 0 Å². The van der Waals surface area contributed by atoms with Gasteiger partial charge in [0, 0.05) is 18.3 Å². The minimum atomic E-state index is -0.135. The highest BCUT2D eigenvalue weighted by Gasteiger charge is 2.29. The number of carbonyl (C=O) groups excluding carboxylic acids is 1. The van der Waals surface area contributed by atoms with E-state index in [2.05, 4.69) is 27.3 Å². The first-order chi connectivity index (χ1) is 12.2. The van der Waals surface area contributed by atoms with E-state index in [9.17, 15) is 4.79 Å². The smallest absolute Gasteiger partial charge is 0.236 e. The molecule has 0 radical (unpaired) electrons. The van der Waals surface area contributed by atoms with E-state index in [0.717, 1.165) is 41.0 Å². The number of nitrogens with zero attached hydrogens (tertiary/aromatic N) is 3. The molecule has 0 bridgehead atoms. The lowest BCUT2D eigenvalue weighted by Gasteiger charge is -2.36. The van der Waals surface area contributed by atoms with E-state index in [0.29, 0.717) is 6.04 Å². The summed E-state index contributed by atoms with van der Waals surface area (Å²) in [6.45, 7) is 5.03. The Morgan fingerprint density at radius 2 is 2.16 bits per heavy atom. The highest BCUT2D eigenvalue weighted by molar-refractivity contribution is 8.02. The maximum absolute atomic E-state index is 12.8. The summed E-state index contributed by atoms with van der Waals surface area (Å²) in [7, 11) is 0. The van der Waals surface area contributed by atoms with Gasteiger partial charge in [0.1, 0.15) is 0 Å². The normalized spacial score (nSPS) is 18.8. The topological polar surface area (TPSA) is 58.1 Å². The fourth-order valence-electron chi connectivity index (χ4n) is 3.10. The first kappa shape index (κ1) is 18.2. The summed E-state index contributed by atoms with van der Waals surface area (Å²) in [4.78, 5) is 14.9. The number of likely N-dealkylation sites (tertiary alicyclic amines) is 1. The molecule has 1 fully saturated rings. The quantitative estimate of drug-likeness (QED) is 0.749. The van der Waals surface area contributed by atoms with Gasteiger partial charge in [0.05, 0.1) is 5.25 Å². The van der Waals surface area contributed by atoms with Crippen molar-refractivity contribution in [1.29, 1.82) is 0 Å². The number of thioether (sulfide) groups is 1. The van der Waals surface area contributed by atoms with Crippen molar-refractivity contribution in [1.82, 2.24) is 15.1 Å². The molecule has 2 heterocycles. The SMILES string of the molecule is CC[C@H]1CCCCN1C(=O)[C@@H](C)Sc1nnc(Nc2ccccc2)s1. The Hall–Kier alpha value is -1.60. The van der Waals surface area contributed by atoms with Crippen LogP contribution in [0.4, 0.5) is 10.8 Å². The van der Waals surface area contributed by atoms with Crippen molar-refractivity contribution < 1.29 is 4.79 Å². The fraction of sp³-hybridized carbons (Fsp3) is 0.500. The van der Waals surface area contributed by atoms with Crippen molar-refractivity contribution in [3.05, 3.63) is 30.3 Å². The number of hydrogen-bond donors (Lipinski definition) is 1. The zero-order valence-corrected chi connectivity index (χ0v) is 16.3. The molecular weight excluding hydrogens is 352 g/mol. The number of anilines is 2. The lowest BCUT2D eigenvalue weighted by Crippen LogP contribution is -2.46. The second-order valence-corrected chi connectivity index (χ2v) is 8.78. The van der Waals surface area contributed by atoms with Crippen LogP contribution in [0.1, 0.15) is 39.5 Å². The molecule has 1 aliphatic heterocycles. The predicted molar refractivity (Wildman–Crippen MR) is 105 cm³/mol. The molecule has 0 aliphatic carbocycles. The zero-order chi connectivity index (χ0) is 17.6. The van der Waals surface area contributed by atoms with E-state index >= 15 is 0 Å². The monoisotopic (exact) mass is 376 g/mol. The van der Waals surface area contributed by atoms with Gasteiger partial charge in [-0.1, -0.05) is 48.2 Å². The fourth-order valence-corrected chi connectivity index (χ4v) is 5.09. The maximum atomic E-state index is 12.8.